The highest BCUT2D eigenvalue weighted by Crippen LogP contribution is 2.38. The van der Waals surface area contributed by atoms with E-state index in [4.69, 9.17) is 40.5 Å². The lowest BCUT2D eigenvalue weighted by atomic mass is 9.90. The third kappa shape index (κ3) is 2.93. The molecule has 1 saturated heterocycles. The number of sulfonamides is 1. The Morgan fingerprint density at radius 2 is 1.85 bits per heavy atom. The standard InChI is InChI=1S/C12H15Cl3N2O2S/c1-12(6-16)2-3-17(7-12)20(18,19)11-9(14)4-8(13)5-10(11)15/h4-5H,2-3,6-7,16H2,1H3. The van der Waals surface area contributed by atoms with E-state index in [-0.39, 0.29) is 20.4 Å². The lowest BCUT2D eigenvalue weighted by Crippen LogP contribution is -2.34. The van der Waals surface area contributed by atoms with Crippen molar-refractivity contribution in [3.63, 3.8) is 0 Å². The van der Waals surface area contributed by atoms with E-state index in [1.54, 1.807) is 0 Å². The maximum atomic E-state index is 12.7. The molecule has 0 bridgehead atoms. The highest BCUT2D eigenvalue weighted by atomic mass is 35.5. The highest BCUT2D eigenvalue weighted by Gasteiger charge is 2.40. The van der Waals surface area contributed by atoms with Gasteiger partial charge in [-0.3, -0.25) is 0 Å². The SMILES string of the molecule is CC1(CN)CCN(S(=O)(=O)c2c(Cl)cc(Cl)cc2Cl)C1. The van der Waals surface area contributed by atoms with Crippen molar-refractivity contribution in [1.82, 2.24) is 4.31 Å². The Hall–Kier alpha value is -0.0400. The molecule has 0 saturated carbocycles. The minimum atomic E-state index is -3.74. The first-order valence-corrected chi connectivity index (χ1v) is 8.62. The first-order chi connectivity index (χ1) is 9.19. The van der Waals surface area contributed by atoms with E-state index < -0.39 is 10.0 Å². The molecular weight excluding hydrogens is 343 g/mol. The van der Waals surface area contributed by atoms with Gasteiger partial charge in [-0.2, -0.15) is 4.31 Å². The highest BCUT2D eigenvalue weighted by molar-refractivity contribution is 7.89. The van der Waals surface area contributed by atoms with E-state index in [2.05, 4.69) is 0 Å². The maximum Gasteiger partial charge on any atom is 0.246 e. The van der Waals surface area contributed by atoms with Crippen LogP contribution in [0.2, 0.25) is 15.1 Å². The number of benzene rings is 1. The first kappa shape index (κ1) is 16.3. The molecule has 0 aromatic heterocycles. The third-order valence-electron chi connectivity index (χ3n) is 3.58. The van der Waals surface area contributed by atoms with E-state index in [0.29, 0.717) is 31.1 Å². The molecule has 2 N–H and O–H groups in total. The molecule has 8 heteroatoms. The van der Waals surface area contributed by atoms with Crippen molar-refractivity contribution in [2.75, 3.05) is 19.6 Å². The summed E-state index contributed by atoms with van der Waals surface area (Å²) in [6, 6.07) is 2.75. The van der Waals surface area contributed by atoms with Gasteiger partial charge in [0.1, 0.15) is 4.90 Å². The summed E-state index contributed by atoms with van der Waals surface area (Å²) >= 11 is 17.8. The minimum Gasteiger partial charge on any atom is -0.330 e. The molecule has 112 valence electrons. The fraction of sp³-hybridized carbons (Fsp3) is 0.500. The molecule has 1 fully saturated rings. The predicted molar refractivity (Wildman–Crippen MR) is 82.0 cm³/mol. The molecule has 0 radical (unpaired) electrons. The van der Waals surface area contributed by atoms with Crippen LogP contribution in [-0.2, 0) is 10.0 Å². The van der Waals surface area contributed by atoms with Crippen molar-refractivity contribution in [2.45, 2.75) is 18.2 Å². The van der Waals surface area contributed by atoms with Gasteiger partial charge in [-0.1, -0.05) is 41.7 Å². The van der Waals surface area contributed by atoms with Crippen molar-refractivity contribution >= 4 is 44.8 Å². The number of halogens is 3. The summed E-state index contributed by atoms with van der Waals surface area (Å²) in [5.74, 6) is 0. The average Bonchev–Trinajstić information content (AvgIpc) is 2.71. The van der Waals surface area contributed by atoms with Gasteiger partial charge in [-0.05, 0) is 30.5 Å². The quantitative estimate of drug-likeness (QED) is 0.904. The summed E-state index contributed by atoms with van der Waals surface area (Å²) in [6.07, 6.45) is 0.714. The number of hydrogen-bond donors (Lipinski definition) is 1. The maximum absolute atomic E-state index is 12.7. The molecule has 2 rings (SSSR count). The summed E-state index contributed by atoms with van der Waals surface area (Å²) in [5.41, 5.74) is 5.49. The Labute approximate surface area is 133 Å². The van der Waals surface area contributed by atoms with E-state index in [0.717, 1.165) is 0 Å². The number of nitrogens with two attached hydrogens (primary N) is 1. The molecule has 1 atom stereocenters. The molecule has 0 aliphatic carbocycles. The Balaban J connectivity index is 2.43. The zero-order valence-electron chi connectivity index (χ0n) is 10.9. The molecule has 1 aliphatic heterocycles. The van der Waals surface area contributed by atoms with Crippen LogP contribution in [0.15, 0.2) is 17.0 Å². The molecule has 0 amide bonds. The molecule has 0 spiro atoms. The Kier molecular flexibility index (Phi) is 4.60. The van der Waals surface area contributed by atoms with Crippen molar-refractivity contribution < 1.29 is 8.42 Å². The Bertz CT molecular complexity index is 613. The second kappa shape index (κ2) is 5.63. The zero-order valence-corrected chi connectivity index (χ0v) is 14.0. The van der Waals surface area contributed by atoms with Crippen LogP contribution in [0.4, 0.5) is 0 Å². The Morgan fingerprint density at radius 3 is 2.30 bits per heavy atom. The van der Waals surface area contributed by atoms with Crippen molar-refractivity contribution in [3.8, 4) is 0 Å². The van der Waals surface area contributed by atoms with Crippen LogP contribution >= 0.6 is 34.8 Å². The molecule has 1 aliphatic rings. The zero-order chi connectivity index (χ0) is 15.1. The molecule has 20 heavy (non-hydrogen) atoms. The van der Waals surface area contributed by atoms with Crippen LogP contribution in [0.1, 0.15) is 13.3 Å². The molecule has 4 nitrogen and oxygen atoms in total. The fourth-order valence-corrected chi connectivity index (χ4v) is 5.34. The van der Waals surface area contributed by atoms with E-state index in [9.17, 15) is 8.42 Å². The number of nitrogens with zero attached hydrogens (tertiary/aromatic N) is 1. The normalized spacial score (nSPS) is 24.2. The summed E-state index contributed by atoms with van der Waals surface area (Å²) in [7, 11) is -3.74. The second-order valence-electron chi connectivity index (χ2n) is 5.30. The van der Waals surface area contributed by atoms with Crippen molar-refractivity contribution in [2.24, 2.45) is 11.1 Å². The van der Waals surface area contributed by atoms with Gasteiger partial charge >= 0.3 is 0 Å². The Morgan fingerprint density at radius 1 is 1.30 bits per heavy atom. The van der Waals surface area contributed by atoms with E-state index >= 15 is 0 Å². The van der Waals surface area contributed by atoms with E-state index in [1.165, 1.54) is 16.4 Å². The summed E-state index contributed by atoms with van der Waals surface area (Å²) in [4.78, 5) is -0.0912. The van der Waals surface area contributed by atoms with Crippen molar-refractivity contribution in [3.05, 3.63) is 27.2 Å². The summed E-state index contributed by atoms with van der Waals surface area (Å²) in [6.45, 7) is 3.17. The monoisotopic (exact) mass is 356 g/mol. The molecular formula is C12H15Cl3N2O2S. The topological polar surface area (TPSA) is 63.4 Å². The van der Waals surface area contributed by atoms with Crippen LogP contribution in [0.25, 0.3) is 0 Å². The van der Waals surface area contributed by atoms with Gasteiger partial charge in [-0.15, -0.1) is 0 Å². The van der Waals surface area contributed by atoms with Crippen LogP contribution in [0.5, 0.6) is 0 Å². The van der Waals surface area contributed by atoms with Crippen LogP contribution in [0.3, 0.4) is 0 Å². The lowest BCUT2D eigenvalue weighted by Gasteiger charge is -2.23. The van der Waals surface area contributed by atoms with Gasteiger partial charge in [0.2, 0.25) is 10.0 Å². The van der Waals surface area contributed by atoms with Crippen LogP contribution in [0, 0.1) is 5.41 Å². The molecule has 1 aromatic rings. The third-order valence-corrected chi connectivity index (χ3v) is 6.56. The molecule has 1 unspecified atom stereocenters. The summed E-state index contributed by atoms with van der Waals surface area (Å²) < 4.78 is 26.7. The van der Waals surface area contributed by atoms with Gasteiger partial charge in [0, 0.05) is 18.1 Å². The van der Waals surface area contributed by atoms with Crippen LogP contribution in [-0.4, -0.2) is 32.4 Å². The number of hydrogen-bond acceptors (Lipinski definition) is 3. The lowest BCUT2D eigenvalue weighted by molar-refractivity contribution is 0.349. The number of rotatable bonds is 3. The molecule has 1 heterocycles. The van der Waals surface area contributed by atoms with E-state index in [1.807, 2.05) is 6.92 Å². The fourth-order valence-electron chi connectivity index (χ4n) is 2.25. The van der Waals surface area contributed by atoms with Gasteiger partial charge in [0.25, 0.3) is 0 Å². The van der Waals surface area contributed by atoms with Gasteiger partial charge < -0.3 is 5.73 Å². The molecule has 1 aromatic carbocycles. The second-order valence-corrected chi connectivity index (χ2v) is 8.43. The summed E-state index contributed by atoms with van der Waals surface area (Å²) in [5, 5.41) is 0.361. The first-order valence-electron chi connectivity index (χ1n) is 6.04. The van der Waals surface area contributed by atoms with Gasteiger partial charge in [0.15, 0.2) is 0 Å². The van der Waals surface area contributed by atoms with Gasteiger partial charge in [0.05, 0.1) is 10.0 Å². The van der Waals surface area contributed by atoms with Crippen LogP contribution < -0.4 is 5.73 Å². The van der Waals surface area contributed by atoms with Crippen molar-refractivity contribution in [1.29, 1.82) is 0 Å². The smallest absolute Gasteiger partial charge is 0.246 e. The van der Waals surface area contributed by atoms with Gasteiger partial charge in [-0.25, -0.2) is 8.42 Å². The largest absolute Gasteiger partial charge is 0.330 e. The minimum absolute atomic E-state index is 0.0313. The average molecular weight is 358 g/mol. The predicted octanol–water partition coefficient (Wildman–Crippen LogP) is 3.01.